The van der Waals surface area contributed by atoms with E-state index in [-0.39, 0.29) is 5.48 Å². The minimum atomic E-state index is -0.877. The number of nitrogens with one attached hydrogen (secondary N) is 1. The van der Waals surface area contributed by atoms with Crippen molar-refractivity contribution < 1.29 is 15.4 Å². The summed E-state index contributed by atoms with van der Waals surface area (Å²) in [5.74, 6) is -0.877. The molecule has 0 aliphatic carbocycles. The second-order valence-corrected chi connectivity index (χ2v) is 2.93. The molecule has 1 heterocycles. The molecular formula is C10H11NO3. The first-order valence-electron chi connectivity index (χ1n) is 4.03. The van der Waals surface area contributed by atoms with Crippen molar-refractivity contribution in [3.63, 3.8) is 0 Å². The van der Waals surface area contributed by atoms with Gasteiger partial charge in [-0.3, -0.25) is 0 Å². The van der Waals surface area contributed by atoms with Crippen LogP contribution in [0.1, 0.15) is 21.5 Å². The van der Waals surface area contributed by atoms with Gasteiger partial charge in [0, 0.05) is 6.54 Å². The summed E-state index contributed by atoms with van der Waals surface area (Å²) >= 11 is 0. The van der Waals surface area contributed by atoms with Crippen LogP contribution in [0, 0.1) is 0 Å². The summed E-state index contributed by atoms with van der Waals surface area (Å²) < 4.78 is 0. The molecule has 0 radical (unpaired) electrons. The number of benzene rings is 1. The minimum Gasteiger partial charge on any atom is -0.478 e. The van der Waals surface area contributed by atoms with Crippen LogP contribution >= 0.6 is 0 Å². The molecule has 0 atom stereocenters. The van der Waals surface area contributed by atoms with Gasteiger partial charge in [0.25, 0.3) is 0 Å². The number of hydrogen-bond donors (Lipinski definition) is 2. The highest BCUT2D eigenvalue weighted by Gasteiger charge is 2.08. The zero-order valence-corrected chi connectivity index (χ0v) is 7.45. The standard InChI is InChI=1S/C10H9NO2.H2O/c12-10(13)8-2-1-7-3-4-11-6-9(7)5-8;/h1-5,11H,6H2,(H,12,13);1H2. The molecule has 4 nitrogen and oxygen atoms in total. The zero-order valence-electron chi connectivity index (χ0n) is 7.45. The topological polar surface area (TPSA) is 80.8 Å². The highest BCUT2D eigenvalue weighted by molar-refractivity contribution is 5.88. The lowest BCUT2D eigenvalue weighted by Crippen LogP contribution is -2.11. The lowest BCUT2D eigenvalue weighted by atomic mass is 10.0. The summed E-state index contributed by atoms with van der Waals surface area (Å²) in [5, 5.41) is 11.8. The summed E-state index contributed by atoms with van der Waals surface area (Å²) in [5.41, 5.74) is 2.46. The molecular weight excluding hydrogens is 182 g/mol. The molecule has 4 heteroatoms. The van der Waals surface area contributed by atoms with Crippen LogP contribution in [0.4, 0.5) is 0 Å². The second-order valence-electron chi connectivity index (χ2n) is 2.93. The van der Waals surface area contributed by atoms with Crippen LogP contribution in [0.15, 0.2) is 24.4 Å². The molecule has 0 fully saturated rings. The van der Waals surface area contributed by atoms with Crippen LogP contribution in [0.3, 0.4) is 0 Å². The van der Waals surface area contributed by atoms with E-state index < -0.39 is 5.97 Å². The first kappa shape index (κ1) is 10.3. The Morgan fingerprint density at radius 1 is 1.43 bits per heavy atom. The molecule has 14 heavy (non-hydrogen) atoms. The van der Waals surface area contributed by atoms with Gasteiger partial charge < -0.3 is 15.9 Å². The Balaban J connectivity index is 0.000000980. The number of carboxylic acid groups (broad SMARTS) is 1. The molecule has 0 bridgehead atoms. The molecule has 1 aromatic carbocycles. The Bertz CT molecular complexity index is 385. The SMILES string of the molecule is O.O=C(O)c1ccc2c(c1)CNC=C2. The molecule has 1 aromatic rings. The van der Waals surface area contributed by atoms with E-state index in [1.54, 1.807) is 12.1 Å². The van der Waals surface area contributed by atoms with Gasteiger partial charge in [0.1, 0.15) is 0 Å². The first-order chi connectivity index (χ1) is 6.27. The fourth-order valence-corrected chi connectivity index (χ4v) is 1.37. The van der Waals surface area contributed by atoms with E-state index in [4.69, 9.17) is 5.11 Å². The maximum atomic E-state index is 10.6. The molecule has 0 amide bonds. The van der Waals surface area contributed by atoms with E-state index in [1.807, 2.05) is 18.3 Å². The Kier molecular flexibility index (Phi) is 2.89. The third-order valence-electron chi connectivity index (χ3n) is 2.06. The van der Waals surface area contributed by atoms with Crippen LogP contribution in [0.2, 0.25) is 0 Å². The van der Waals surface area contributed by atoms with Gasteiger partial charge in [-0.1, -0.05) is 6.07 Å². The number of hydrogen-bond acceptors (Lipinski definition) is 2. The Labute approximate surface area is 81.2 Å². The van der Waals surface area contributed by atoms with Crippen LogP contribution in [-0.4, -0.2) is 16.6 Å². The van der Waals surface area contributed by atoms with Crippen molar-refractivity contribution in [2.75, 3.05) is 0 Å². The average Bonchev–Trinajstić information content (AvgIpc) is 2.17. The largest absolute Gasteiger partial charge is 0.478 e. The van der Waals surface area contributed by atoms with Gasteiger partial charge in [0.15, 0.2) is 0 Å². The monoisotopic (exact) mass is 193 g/mol. The van der Waals surface area contributed by atoms with E-state index in [2.05, 4.69) is 5.32 Å². The summed E-state index contributed by atoms with van der Waals surface area (Å²) in [4.78, 5) is 10.6. The van der Waals surface area contributed by atoms with E-state index >= 15 is 0 Å². The predicted molar refractivity (Wildman–Crippen MR) is 52.9 cm³/mol. The summed E-state index contributed by atoms with van der Waals surface area (Å²) in [7, 11) is 0. The maximum absolute atomic E-state index is 10.6. The zero-order chi connectivity index (χ0) is 9.26. The van der Waals surface area contributed by atoms with Crippen LogP contribution in [0.5, 0.6) is 0 Å². The van der Waals surface area contributed by atoms with Gasteiger partial charge >= 0.3 is 5.97 Å². The molecule has 1 aliphatic rings. The van der Waals surface area contributed by atoms with Crippen molar-refractivity contribution in [1.82, 2.24) is 5.32 Å². The predicted octanol–water partition coefficient (Wildman–Crippen LogP) is 0.634. The molecule has 1 aliphatic heterocycles. The minimum absolute atomic E-state index is 0. The fourth-order valence-electron chi connectivity index (χ4n) is 1.37. The van der Waals surface area contributed by atoms with Crippen LogP contribution in [-0.2, 0) is 6.54 Å². The van der Waals surface area contributed by atoms with E-state index in [9.17, 15) is 4.79 Å². The Morgan fingerprint density at radius 2 is 2.21 bits per heavy atom. The van der Waals surface area contributed by atoms with Gasteiger partial charge in [0.2, 0.25) is 0 Å². The Morgan fingerprint density at radius 3 is 2.93 bits per heavy atom. The van der Waals surface area contributed by atoms with Crippen molar-refractivity contribution in [2.24, 2.45) is 0 Å². The Hall–Kier alpha value is -1.81. The van der Waals surface area contributed by atoms with Crippen LogP contribution < -0.4 is 5.32 Å². The first-order valence-corrected chi connectivity index (χ1v) is 4.03. The highest BCUT2D eigenvalue weighted by atomic mass is 16.4. The lowest BCUT2D eigenvalue weighted by Gasteiger charge is -2.11. The van der Waals surface area contributed by atoms with Crippen molar-refractivity contribution >= 4 is 12.0 Å². The van der Waals surface area contributed by atoms with Gasteiger partial charge in [-0.25, -0.2) is 4.79 Å². The average molecular weight is 193 g/mol. The van der Waals surface area contributed by atoms with Crippen molar-refractivity contribution in [1.29, 1.82) is 0 Å². The quantitative estimate of drug-likeness (QED) is 0.686. The van der Waals surface area contributed by atoms with E-state index in [0.717, 1.165) is 11.1 Å². The van der Waals surface area contributed by atoms with Crippen LogP contribution in [0.25, 0.3) is 6.08 Å². The number of fused-ring (bicyclic) bond motifs is 1. The molecule has 0 aromatic heterocycles. The molecule has 4 N–H and O–H groups in total. The van der Waals surface area contributed by atoms with Gasteiger partial charge in [-0.15, -0.1) is 0 Å². The molecule has 0 unspecified atom stereocenters. The highest BCUT2D eigenvalue weighted by Crippen LogP contribution is 2.16. The summed E-state index contributed by atoms with van der Waals surface area (Å²) in [6.45, 7) is 0.701. The van der Waals surface area contributed by atoms with E-state index in [0.29, 0.717) is 12.1 Å². The molecule has 74 valence electrons. The molecule has 0 spiro atoms. The van der Waals surface area contributed by atoms with Crippen molar-refractivity contribution in [2.45, 2.75) is 6.54 Å². The molecule has 2 rings (SSSR count). The molecule has 0 saturated heterocycles. The normalized spacial score (nSPS) is 12.3. The summed E-state index contributed by atoms with van der Waals surface area (Å²) in [6, 6.07) is 5.15. The molecule has 0 saturated carbocycles. The summed E-state index contributed by atoms with van der Waals surface area (Å²) in [6.07, 6.45) is 3.80. The second kappa shape index (κ2) is 3.93. The van der Waals surface area contributed by atoms with Gasteiger partial charge in [-0.2, -0.15) is 0 Å². The fraction of sp³-hybridized carbons (Fsp3) is 0.100. The van der Waals surface area contributed by atoms with Crippen molar-refractivity contribution in [3.05, 3.63) is 41.1 Å². The maximum Gasteiger partial charge on any atom is 0.335 e. The number of carbonyl (C=O) groups is 1. The number of carboxylic acids is 1. The van der Waals surface area contributed by atoms with Crippen molar-refractivity contribution in [3.8, 4) is 0 Å². The smallest absolute Gasteiger partial charge is 0.335 e. The lowest BCUT2D eigenvalue weighted by molar-refractivity contribution is 0.0697. The number of aromatic carboxylic acids is 1. The van der Waals surface area contributed by atoms with Gasteiger partial charge in [0.05, 0.1) is 5.56 Å². The van der Waals surface area contributed by atoms with E-state index in [1.165, 1.54) is 0 Å². The third kappa shape index (κ3) is 1.75. The van der Waals surface area contributed by atoms with Gasteiger partial charge in [-0.05, 0) is 35.5 Å². The number of rotatable bonds is 1. The third-order valence-corrected chi connectivity index (χ3v) is 2.06.